The molecule has 0 saturated heterocycles. The van der Waals surface area contributed by atoms with E-state index in [1.54, 1.807) is 35.5 Å². The van der Waals surface area contributed by atoms with Crippen LogP contribution in [0.2, 0.25) is 0 Å². The second-order valence-corrected chi connectivity index (χ2v) is 35.1. The number of benzene rings is 4. The minimum absolute atomic E-state index is 0.00193. The highest BCUT2D eigenvalue weighted by molar-refractivity contribution is 5.79. The number of carbonyl (C=O) groups excluding carboxylic acids is 4. The molecule has 5 aliphatic rings. The lowest BCUT2D eigenvalue weighted by Gasteiger charge is -2.49. The Morgan fingerprint density at radius 2 is 0.674 bits per heavy atom. The first-order chi connectivity index (χ1) is 68.7. The van der Waals surface area contributed by atoms with Crippen LogP contribution in [0.25, 0.3) is 11.1 Å². The lowest BCUT2D eigenvalue weighted by atomic mass is 9.59. The number of nitrogens with one attached hydrogen (secondary N) is 1. The van der Waals surface area contributed by atoms with Gasteiger partial charge in [0.1, 0.15) is 50.1 Å². The molecular weight excluding hydrogens is 1840 g/mol. The zero-order valence-corrected chi connectivity index (χ0v) is 85.7. The van der Waals surface area contributed by atoms with Crippen molar-refractivity contribution in [3.63, 3.8) is 0 Å². The Morgan fingerprint density at radius 1 is 0.369 bits per heavy atom. The molecule has 5 aliphatic carbocycles. The van der Waals surface area contributed by atoms with Crippen LogP contribution in [0.5, 0.6) is 11.5 Å². The zero-order chi connectivity index (χ0) is 102. The van der Waals surface area contributed by atoms with Gasteiger partial charge in [0.05, 0.1) is 264 Å². The van der Waals surface area contributed by atoms with Crippen LogP contribution in [0.3, 0.4) is 0 Å². The summed E-state index contributed by atoms with van der Waals surface area (Å²) in [5.74, 6) is -0.376. The Morgan fingerprint density at radius 3 is 1.02 bits per heavy atom. The Labute approximate surface area is 835 Å². The van der Waals surface area contributed by atoms with E-state index in [4.69, 9.17) is 149 Å². The molecule has 0 radical (unpaired) electrons. The third-order valence-corrected chi connectivity index (χ3v) is 23.3. The van der Waals surface area contributed by atoms with E-state index in [-0.39, 0.29) is 99.7 Å². The quantitative estimate of drug-likeness (QED) is 0.0181. The smallest absolute Gasteiger partial charge is 0.407 e. The Kier molecular flexibility index (Phi) is 69.9. The molecule has 2 saturated carbocycles. The van der Waals surface area contributed by atoms with Gasteiger partial charge in [0.25, 0.3) is 0 Å². The molecule has 4 bridgehead atoms. The lowest BCUT2D eigenvalue weighted by Crippen LogP contribution is -2.57. The number of carbonyl (C=O) groups is 5. The SMILES string of the molecule is COCCOCCOCCOCCO.COCCOCCOCCOCCOCC(=O)O.COCCOCCOCCOCCOCC(=O)OC(C)(C)C.COCCOCCOCCOCCOCC(=O)Oc1ccc2c(c1)[C@@]1(C)CCCCC[C@@H](C2)[C@@H]1N.COCCOCCOCCOCCOCC(=O)Oc1ccc2c(c1)[C@@]1(C)CCCCC[C@@H](C2)[C@@H]1NC(=O)OCC1c2ccccc2-c2ccccc21. The fraction of sp³-hybridized carbons (Fsp3) is 0.721. The summed E-state index contributed by atoms with van der Waals surface area (Å²) in [5, 5.41) is 20.0. The highest BCUT2D eigenvalue weighted by Crippen LogP contribution is 2.50. The summed E-state index contributed by atoms with van der Waals surface area (Å²) >= 11 is 0. The third-order valence-electron chi connectivity index (χ3n) is 23.3. The van der Waals surface area contributed by atoms with E-state index in [0.717, 1.165) is 56.9 Å². The van der Waals surface area contributed by atoms with Gasteiger partial charge in [-0.1, -0.05) is 113 Å². The van der Waals surface area contributed by atoms with Gasteiger partial charge >= 0.3 is 30.0 Å². The molecule has 0 unspecified atom stereocenters. The average molecular weight is 2010 g/mol. The maximum Gasteiger partial charge on any atom is 0.407 e. The highest BCUT2D eigenvalue weighted by Gasteiger charge is 2.48. The van der Waals surface area contributed by atoms with E-state index in [1.165, 1.54) is 64.6 Å². The molecule has 0 aromatic heterocycles. The van der Waals surface area contributed by atoms with Crippen LogP contribution >= 0.6 is 0 Å². The van der Waals surface area contributed by atoms with Crippen molar-refractivity contribution in [3.05, 3.63) is 118 Å². The number of methoxy groups -OCH3 is 5. The summed E-state index contributed by atoms with van der Waals surface area (Å²) in [6.07, 6.45) is 12.8. The maximum atomic E-state index is 13.6. The van der Waals surface area contributed by atoms with Gasteiger partial charge in [-0.25, -0.2) is 24.0 Å². The van der Waals surface area contributed by atoms with Gasteiger partial charge in [-0.05, 0) is 140 Å². The average Bonchev–Trinajstić information content (AvgIpc) is 1.53. The number of aliphatic hydroxyl groups is 1. The Balaban J connectivity index is 0.000000340. The van der Waals surface area contributed by atoms with Gasteiger partial charge in [-0.15, -0.1) is 0 Å². The van der Waals surface area contributed by atoms with Crippen molar-refractivity contribution in [2.45, 2.75) is 146 Å². The number of ether oxygens (including phenoxy) is 28. The van der Waals surface area contributed by atoms with Crippen molar-refractivity contribution >= 4 is 30.0 Å². The number of fused-ring (bicyclic) bond motifs is 11. The Bertz CT molecular complexity index is 3810. The number of rotatable bonds is 72. The molecular formula is C104H168N2O35. The molecule has 141 heavy (non-hydrogen) atoms. The molecule has 0 heterocycles. The summed E-state index contributed by atoms with van der Waals surface area (Å²) in [6.45, 7) is 28.6. The first-order valence-corrected chi connectivity index (χ1v) is 49.7. The first kappa shape index (κ1) is 124. The molecule has 37 heteroatoms. The van der Waals surface area contributed by atoms with Crippen molar-refractivity contribution in [2.75, 3.05) is 333 Å². The second kappa shape index (κ2) is 79.2. The van der Waals surface area contributed by atoms with Gasteiger partial charge < -0.3 is 154 Å². The monoisotopic (exact) mass is 2010 g/mol. The number of hydrogen-bond acceptors (Lipinski definition) is 35. The van der Waals surface area contributed by atoms with Crippen molar-refractivity contribution < 1.29 is 167 Å². The molecule has 9 rings (SSSR count). The molecule has 0 aliphatic heterocycles. The van der Waals surface area contributed by atoms with Crippen LogP contribution in [-0.4, -0.2) is 391 Å². The minimum Gasteiger partial charge on any atom is -0.480 e. The lowest BCUT2D eigenvalue weighted by molar-refractivity contribution is -0.160. The van der Waals surface area contributed by atoms with Crippen LogP contribution in [0, 0.1) is 11.8 Å². The van der Waals surface area contributed by atoms with E-state index < -0.39 is 23.5 Å². The topological polar surface area (TPSA) is 422 Å². The number of aliphatic hydroxyl groups excluding tert-OH is 1. The van der Waals surface area contributed by atoms with Gasteiger partial charge in [0, 0.05) is 64.4 Å². The number of carboxylic acids is 1. The van der Waals surface area contributed by atoms with Crippen LogP contribution in [0.1, 0.15) is 138 Å². The fourth-order valence-corrected chi connectivity index (χ4v) is 16.5. The van der Waals surface area contributed by atoms with Gasteiger partial charge in [0.15, 0.2) is 0 Å². The van der Waals surface area contributed by atoms with Crippen molar-refractivity contribution in [1.29, 1.82) is 0 Å². The molecule has 4 aromatic rings. The standard InChI is InChI=1S/C42H53NO9.C27H43NO7.C15H30O7.C11H22O7.C9H20O5/c1-42-17-9-3-4-10-31(40(42)43-41(45)51-28-37-35-13-7-5-11-33(35)34-12-6-8-14-36(34)37)26-30-15-16-32(27-38(30)42)52-39(44)29-50-25-24-49-23-22-48-21-20-47-19-18-46-2;1-27-9-5-3-4-6-22(26(27)28)18-21-7-8-23(19-24(21)27)35-25(29)20-34-17-16-33-15-14-32-13-12-31-11-10-30-2;1-15(2,3)22-14(16)13-21-12-11-20-10-9-19-8-7-18-6-5-17-4;1-14-2-3-15-4-5-16-6-7-17-8-9-18-10-11(12)13;1-11-4-5-13-8-9-14-7-6-12-3-2-10/h5-8,11-16,27,31,37,40H,3-4,9-10,17-26,28-29H2,1-2H3,(H,43,45);7-8,19,22,26H,3-6,9-18,20,28H2,1-2H3;5-13H2,1-4H3;2-10H2,1H3,(H,12,13);10H,2-9H2,1H3/t31-,40-,42+;22-,26-,27+;;;/m00.../s1. The molecule has 5 N–H and O–H groups in total. The number of alkyl carbamates (subject to hydrolysis) is 1. The van der Waals surface area contributed by atoms with Crippen LogP contribution in [0.4, 0.5) is 4.79 Å². The molecule has 1 amide bonds. The summed E-state index contributed by atoms with van der Waals surface area (Å²) in [7, 11) is 8.17. The predicted molar refractivity (Wildman–Crippen MR) is 525 cm³/mol. The van der Waals surface area contributed by atoms with Gasteiger partial charge in [-0.2, -0.15) is 0 Å². The summed E-state index contributed by atoms with van der Waals surface area (Å²) in [6, 6.07) is 28.7. The summed E-state index contributed by atoms with van der Waals surface area (Å²) < 4.78 is 147. The van der Waals surface area contributed by atoms with Crippen LogP contribution < -0.4 is 20.5 Å². The number of hydrogen-bond donors (Lipinski definition) is 4. The number of esters is 3. The van der Waals surface area contributed by atoms with Gasteiger partial charge in [0.2, 0.25) is 0 Å². The maximum absolute atomic E-state index is 13.6. The third kappa shape index (κ3) is 54.8. The summed E-state index contributed by atoms with van der Waals surface area (Å²) in [5.41, 5.74) is 15.6. The van der Waals surface area contributed by atoms with Crippen LogP contribution in [-0.2, 0) is 166 Å². The first-order valence-electron chi connectivity index (χ1n) is 49.7. The Hall–Kier alpha value is -7.01. The highest BCUT2D eigenvalue weighted by atomic mass is 16.6. The fourth-order valence-electron chi connectivity index (χ4n) is 16.5. The number of amides is 1. The van der Waals surface area contributed by atoms with Crippen molar-refractivity contribution in [1.82, 2.24) is 5.32 Å². The zero-order valence-electron chi connectivity index (χ0n) is 85.7. The molecule has 4 aromatic carbocycles. The number of aliphatic carboxylic acids is 1. The van der Waals surface area contributed by atoms with E-state index >= 15 is 0 Å². The molecule has 2 fully saturated rings. The van der Waals surface area contributed by atoms with Crippen molar-refractivity contribution in [2.24, 2.45) is 17.6 Å². The van der Waals surface area contributed by atoms with E-state index in [9.17, 15) is 24.0 Å². The molecule has 0 spiro atoms. The normalized spacial score (nSPS) is 17.8. The number of nitrogens with two attached hydrogens (primary N) is 1. The van der Waals surface area contributed by atoms with Gasteiger partial charge in [-0.3, -0.25) is 0 Å². The van der Waals surface area contributed by atoms with Crippen molar-refractivity contribution in [3.8, 4) is 22.6 Å². The minimum atomic E-state index is -0.980. The molecule has 804 valence electrons. The van der Waals surface area contributed by atoms with Crippen LogP contribution in [0.15, 0.2) is 84.9 Å². The predicted octanol–water partition coefficient (Wildman–Crippen LogP) is 10.1. The largest absolute Gasteiger partial charge is 0.480 e. The second-order valence-electron chi connectivity index (χ2n) is 35.1. The van der Waals surface area contributed by atoms with E-state index in [0.29, 0.717) is 262 Å². The van der Waals surface area contributed by atoms with E-state index in [1.807, 2.05) is 57.2 Å². The molecule has 37 nitrogen and oxygen atoms in total. The summed E-state index contributed by atoms with van der Waals surface area (Å²) in [4.78, 5) is 60.0. The molecule has 6 atom stereocenters. The van der Waals surface area contributed by atoms with E-state index in [2.05, 4.69) is 67.7 Å². The number of carboxylic acid groups (broad SMARTS) is 1.